The molecule has 0 spiro atoms. The molecule has 0 atom stereocenters. The van der Waals surface area contributed by atoms with Crippen LogP contribution in [-0.2, 0) is 5.75 Å². The van der Waals surface area contributed by atoms with Gasteiger partial charge in [0.05, 0.1) is 0 Å². The number of thioether (sulfide) groups is 1. The first-order valence-electron chi connectivity index (χ1n) is 9.66. The first kappa shape index (κ1) is 19.4. The summed E-state index contributed by atoms with van der Waals surface area (Å²) < 4.78 is 0. The van der Waals surface area contributed by atoms with Crippen molar-refractivity contribution in [2.45, 2.75) is 23.8 Å². The van der Waals surface area contributed by atoms with E-state index in [0.717, 1.165) is 22.0 Å². The van der Waals surface area contributed by atoms with E-state index in [4.69, 9.17) is 0 Å². The van der Waals surface area contributed by atoms with Crippen LogP contribution in [0.3, 0.4) is 0 Å². The number of Topliss-reactive ketones (excluding diaryl/α,β-unsaturated/α-hetero) is 1. The Hall–Kier alpha value is -2.93. The summed E-state index contributed by atoms with van der Waals surface area (Å²) in [4.78, 5) is 31.4. The number of carbonyl (C=O) groups is 2. The maximum Gasteiger partial charge on any atom is 0.253 e. The number of aromatic amines is 1. The van der Waals surface area contributed by atoms with Crippen LogP contribution < -0.4 is 0 Å². The number of rotatable bonds is 6. The molecular weight excluding hydrogens is 384 g/mol. The molecule has 1 saturated heterocycles. The lowest BCUT2D eigenvalue weighted by Gasteiger charge is -2.31. The molecule has 0 bridgehead atoms. The Kier molecular flexibility index (Phi) is 6.05. The van der Waals surface area contributed by atoms with E-state index in [1.807, 2.05) is 59.5 Å². The van der Waals surface area contributed by atoms with Gasteiger partial charge in [-0.3, -0.25) is 14.7 Å². The van der Waals surface area contributed by atoms with Gasteiger partial charge in [0, 0.05) is 35.9 Å². The zero-order valence-corrected chi connectivity index (χ0v) is 16.8. The quantitative estimate of drug-likeness (QED) is 0.497. The smallest absolute Gasteiger partial charge is 0.253 e. The van der Waals surface area contributed by atoms with E-state index in [9.17, 15) is 9.59 Å². The number of nitrogens with zero attached hydrogens (tertiary/aromatic N) is 3. The lowest BCUT2D eigenvalue weighted by atomic mass is 9.88. The van der Waals surface area contributed by atoms with Crippen molar-refractivity contribution < 1.29 is 9.59 Å². The number of benzene rings is 2. The summed E-state index contributed by atoms with van der Waals surface area (Å²) in [6.07, 6.45) is 2.91. The number of hydrogen-bond donors (Lipinski definition) is 1. The number of H-pyrrole nitrogens is 1. The molecule has 148 valence electrons. The number of amides is 1. The van der Waals surface area contributed by atoms with Crippen LogP contribution in [-0.4, -0.2) is 44.9 Å². The molecular formula is C22H22N4O2S. The molecule has 1 N–H and O–H groups in total. The van der Waals surface area contributed by atoms with Gasteiger partial charge in [-0.2, -0.15) is 5.10 Å². The molecule has 0 aliphatic carbocycles. The van der Waals surface area contributed by atoms with E-state index in [1.165, 1.54) is 6.33 Å². The number of carbonyl (C=O) groups excluding carboxylic acids is 2. The Labute approximate surface area is 173 Å². The van der Waals surface area contributed by atoms with Crippen molar-refractivity contribution in [1.29, 1.82) is 0 Å². The Morgan fingerprint density at radius 1 is 1.00 bits per heavy atom. The van der Waals surface area contributed by atoms with Gasteiger partial charge in [-0.25, -0.2) is 4.98 Å². The second kappa shape index (κ2) is 9.05. The van der Waals surface area contributed by atoms with Crippen molar-refractivity contribution in [3.63, 3.8) is 0 Å². The van der Waals surface area contributed by atoms with Crippen LogP contribution in [0.2, 0.25) is 0 Å². The van der Waals surface area contributed by atoms with Crippen LogP contribution >= 0.6 is 11.8 Å². The minimum absolute atomic E-state index is 0.00283. The number of nitrogens with one attached hydrogen (secondary N) is 1. The first-order chi connectivity index (χ1) is 14.2. The SMILES string of the molecule is O=C(c1ccccc1)C1CCN(C(=O)c2ccc(CSc3ncn[nH]3)cc2)CC1. The maximum absolute atomic E-state index is 12.8. The van der Waals surface area contributed by atoms with Crippen molar-refractivity contribution >= 4 is 23.5 Å². The number of ketones is 1. The summed E-state index contributed by atoms with van der Waals surface area (Å²) in [5, 5.41) is 7.42. The summed E-state index contributed by atoms with van der Waals surface area (Å²) in [5.41, 5.74) is 2.57. The summed E-state index contributed by atoms with van der Waals surface area (Å²) >= 11 is 1.57. The highest BCUT2D eigenvalue weighted by molar-refractivity contribution is 7.98. The van der Waals surface area contributed by atoms with Gasteiger partial charge < -0.3 is 4.90 Å². The summed E-state index contributed by atoms with van der Waals surface area (Å²) in [6.45, 7) is 1.23. The highest BCUT2D eigenvalue weighted by Gasteiger charge is 2.28. The van der Waals surface area contributed by atoms with E-state index >= 15 is 0 Å². The lowest BCUT2D eigenvalue weighted by Crippen LogP contribution is -2.40. The zero-order chi connectivity index (χ0) is 20.1. The Morgan fingerprint density at radius 2 is 1.72 bits per heavy atom. The number of aromatic nitrogens is 3. The predicted molar refractivity (Wildman–Crippen MR) is 112 cm³/mol. The van der Waals surface area contributed by atoms with Crippen LogP contribution in [0.1, 0.15) is 39.1 Å². The topological polar surface area (TPSA) is 79.0 Å². The highest BCUT2D eigenvalue weighted by Crippen LogP contribution is 2.24. The van der Waals surface area contributed by atoms with Crippen LogP contribution in [0.4, 0.5) is 0 Å². The average Bonchev–Trinajstić information content (AvgIpc) is 3.31. The largest absolute Gasteiger partial charge is 0.339 e. The molecule has 0 saturated carbocycles. The molecule has 3 aromatic rings. The van der Waals surface area contributed by atoms with Crippen molar-refractivity contribution in [3.8, 4) is 0 Å². The Morgan fingerprint density at radius 3 is 2.38 bits per heavy atom. The molecule has 7 heteroatoms. The van der Waals surface area contributed by atoms with Gasteiger partial charge >= 0.3 is 0 Å². The molecule has 0 unspecified atom stereocenters. The second-order valence-corrected chi connectivity index (χ2v) is 8.04. The van der Waals surface area contributed by atoms with Crippen molar-refractivity contribution in [3.05, 3.63) is 77.6 Å². The van der Waals surface area contributed by atoms with Crippen molar-refractivity contribution in [2.75, 3.05) is 13.1 Å². The van der Waals surface area contributed by atoms with Crippen molar-refractivity contribution in [2.24, 2.45) is 5.92 Å². The summed E-state index contributed by atoms with van der Waals surface area (Å²) in [6, 6.07) is 17.1. The van der Waals surface area contributed by atoms with Crippen LogP contribution in [0, 0.1) is 5.92 Å². The number of likely N-dealkylation sites (tertiary alicyclic amines) is 1. The number of hydrogen-bond acceptors (Lipinski definition) is 5. The number of piperidine rings is 1. The molecule has 1 aliphatic rings. The van der Waals surface area contributed by atoms with Gasteiger partial charge in [0.1, 0.15) is 6.33 Å². The molecule has 29 heavy (non-hydrogen) atoms. The van der Waals surface area contributed by atoms with Crippen LogP contribution in [0.5, 0.6) is 0 Å². The maximum atomic E-state index is 12.8. The van der Waals surface area contributed by atoms with E-state index in [1.54, 1.807) is 11.8 Å². The van der Waals surface area contributed by atoms with Gasteiger partial charge in [0.25, 0.3) is 5.91 Å². The fourth-order valence-corrected chi connectivity index (χ4v) is 4.26. The van der Waals surface area contributed by atoms with Gasteiger partial charge in [0.15, 0.2) is 10.9 Å². The third kappa shape index (κ3) is 4.74. The normalized spacial score (nSPS) is 14.7. The highest BCUT2D eigenvalue weighted by atomic mass is 32.2. The summed E-state index contributed by atoms with van der Waals surface area (Å²) in [7, 11) is 0. The van der Waals surface area contributed by atoms with E-state index in [-0.39, 0.29) is 17.6 Å². The molecule has 1 aliphatic heterocycles. The molecule has 2 aromatic carbocycles. The average molecular weight is 407 g/mol. The predicted octanol–water partition coefficient (Wildman–Crippen LogP) is 3.83. The second-order valence-electron chi connectivity index (χ2n) is 7.07. The van der Waals surface area contributed by atoms with Gasteiger partial charge in [-0.05, 0) is 30.5 Å². The standard InChI is InChI=1S/C22H22N4O2S/c27-20(17-4-2-1-3-5-17)18-10-12-26(13-11-18)21(28)19-8-6-16(7-9-19)14-29-22-23-15-24-25-22/h1-9,15,18H,10-14H2,(H,23,24,25). The van der Waals surface area contributed by atoms with Crippen molar-refractivity contribution in [1.82, 2.24) is 20.1 Å². The van der Waals surface area contributed by atoms with Gasteiger partial charge in [-0.15, -0.1) is 0 Å². The van der Waals surface area contributed by atoms with E-state index in [0.29, 0.717) is 31.5 Å². The molecule has 6 nitrogen and oxygen atoms in total. The fourth-order valence-electron chi connectivity index (χ4n) is 3.52. The van der Waals surface area contributed by atoms with Crippen LogP contribution in [0.25, 0.3) is 0 Å². The minimum atomic E-state index is -0.00283. The molecule has 1 fully saturated rings. The first-order valence-corrected chi connectivity index (χ1v) is 10.6. The third-order valence-electron chi connectivity index (χ3n) is 5.18. The molecule has 0 radical (unpaired) electrons. The monoisotopic (exact) mass is 406 g/mol. The fraction of sp³-hybridized carbons (Fsp3) is 0.273. The van der Waals surface area contributed by atoms with Crippen LogP contribution in [0.15, 0.2) is 66.1 Å². The third-order valence-corrected chi connectivity index (χ3v) is 6.13. The Bertz CT molecular complexity index is 950. The van der Waals surface area contributed by atoms with Gasteiger partial charge in [-0.1, -0.05) is 54.2 Å². The van der Waals surface area contributed by atoms with E-state index < -0.39 is 0 Å². The zero-order valence-electron chi connectivity index (χ0n) is 16.0. The molecule has 1 amide bonds. The minimum Gasteiger partial charge on any atom is -0.339 e. The molecule has 4 rings (SSSR count). The van der Waals surface area contributed by atoms with E-state index in [2.05, 4.69) is 15.2 Å². The summed E-state index contributed by atoms with van der Waals surface area (Å²) in [5.74, 6) is 0.977. The van der Waals surface area contributed by atoms with Gasteiger partial charge in [0.2, 0.25) is 0 Å². The lowest BCUT2D eigenvalue weighted by molar-refractivity contribution is 0.0650. The Balaban J connectivity index is 1.30. The molecule has 1 aromatic heterocycles. The molecule has 2 heterocycles.